The number of fused-ring (bicyclic) bond motifs is 1. The van der Waals surface area contributed by atoms with Crippen molar-refractivity contribution >= 4 is 28.2 Å². The number of anilines is 2. The van der Waals surface area contributed by atoms with Crippen LogP contribution in [0.1, 0.15) is 12.8 Å². The quantitative estimate of drug-likeness (QED) is 0.772. The molecule has 1 fully saturated rings. The highest BCUT2D eigenvalue weighted by Gasteiger charge is 2.29. The molecule has 3 rings (SSSR count). The van der Waals surface area contributed by atoms with E-state index in [0.29, 0.717) is 5.69 Å². The fourth-order valence-electron chi connectivity index (χ4n) is 1.88. The zero-order valence-corrected chi connectivity index (χ0v) is 9.31. The summed E-state index contributed by atoms with van der Waals surface area (Å²) in [5, 5.41) is 3.83. The van der Waals surface area contributed by atoms with Crippen LogP contribution in [0.15, 0.2) is 30.5 Å². The Morgan fingerprint density at radius 2 is 2.18 bits per heavy atom. The van der Waals surface area contributed by atoms with Crippen molar-refractivity contribution in [2.45, 2.75) is 12.8 Å². The molecule has 1 aliphatic rings. The molecular weight excluding hydrogens is 214 g/mol. The molecule has 2 aromatic rings. The van der Waals surface area contributed by atoms with Gasteiger partial charge in [-0.2, -0.15) is 0 Å². The Balaban J connectivity index is 2.03. The number of hydrogen-bond acceptors (Lipinski definition) is 3. The first-order valence-corrected chi connectivity index (χ1v) is 5.70. The molecule has 1 amide bonds. The highest BCUT2D eigenvalue weighted by atomic mass is 16.2. The molecule has 1 saturated carbocycles. The zero-order chi connectivity index (χ0) is 11.8. The van der Waals surface area contributed by atoms with E-state index in [9.17, 15) is 4.79 Å². The molecule has 4 heteroatoms. The van der Waals surface area contributed by atoms with Crippen LogP contribution in [0, 0.1) is 5.92 Å². The molecule has 0 unspecified atom stereocenters. The minimum Gasteiger partial charge on any atom is -0.397 e. The summed E-state index contributed by atoms with van der Waals surface area (Å²) in [7, 11) is 0. The Morgan fingerprint density at radius 1 is 1.35 bits per heavy atom. The van der Waals surface area contributed by atoms with Gasteiger partial charge in [-0.05, 0) is 37.1 Å². The van der Waals surface area contributed by atoms with Crippen LogP contribution < -0.4 is 11.1 Å². The lowest BCUT2D eigenvalue weighted by Gasteiger charge is -2.09. The van der Waals surface area contributed by atoms with Gasteiger partial charge in [0.25, 0.3) is 0 Å². The van der Waals surface area contributed by atoms with Crippen molar-refractivity contribution < 1.29 is 4.79 Å². The lowest BCUT2D eigenvalue weighted by atomic mass is 10.1. The van der Waals surface area contributed by atoms with Gasteiger partial charge in [-0.1, -0.05) is 0 Å². The normalized spacial score (nSPS) is 14.8. The number of benzene rings is 1. The molecule has 4 nitrogen and oxygen atoms in total. The second-order valence-corrected chi connectivity index (χ2v) is 4.37. The van der Waals surface area contributed by atoms with E-state index in [2.05, 4.69) is 10.3 Å². The van der Waals surface area contributed by atoms with Crippen LogP contribution in [0.5, 0.6) is 0 Å². The summed E-state index contributed by atoms with van der Waals surface area (Å²) in [5.74, 6) is 0.291. The monoisotopic (exact) mass is 227 g/mol. The summed E-state index contributed by atoms with van der Waals surface area (Å²) >= 11 is 0. The second-order valence-electron chi connectivity index (χ2n) is 4.37. The number of amides is 1. The summed E-state index contributed by atoms with van der Waals surface area (Å²) < 4.78 is 0. The third-order valence-electron chi connectivity index (χ3n) is 3.01. The van der Waals surface area contributed by atoms with Crippen molar-refractivity contribution in [3.8, 4) is 0 Å². The molecule has 1 aromatic carbocycles. The van der Waals surface area contributed by atoms with Gasteiger partial charge in [0.05, 0.1) is 16.9 Å². The molecule has 0 aliphatic heterocycles. The number of pyridine rings is 1. The summed E-state index contributed by atoms with van der Waals surface area (Å²) in [6.45, 7) is 0. The van der Waals surface area contributed by atoms with Gasteiger partial charge in [0, 0.05) is 17.5 Å². The van der Waals surface area contributed by atoms with Gasteiger partial charge < -0.3 is 11.1 Å². The summed E-state index contributed by atoms with van der Waals surface area (Å²) in [4.78, 5) is 16.0. The maximum atomic E-state index is 11.7. The summed E-state index contributed by atoms with van der Waals surface area (Å²) in [6, 6.07) is 7.37. The van der Waals surface area contributed by atoms with Crippen molar-refractivity contribution in [2.24, 2.45) is 5.92 Å². The van der Waals surface area contributed by atoms with Crippen molar-refractivity contribution in [3.05, 3.63) is 30.5 Å². The highest BCUT2D eigenvalue weighted by Crippen LogP contribution is 2.32. The van der Waals surface area contributed by atoms with E-state index in [4.69, 9.17) is 5.73 Å². The largest absolute Gasteiger partial charge is 0.397 e. The Morgan fingerprint density at radius 3 is 2.94 bits per heavy atom. The Labute approximate surface area is 98.8 Å². The number of nitrogens with zero attached hydrogens (tertiary/aromatic N) is 1. The molecule has 1 aliphatic carbocycles. The van der Waals surface area contributed by atoms with E-state index >= 15 is 0 Å². The van der Waals surface area contributed by atoms with E-state index in [1.807, 2.05) is 18.2 Å². The van der Waals surface area contributed by atoms with Crippen molar-refractivity contribution in [1.29, 1.82) is 0 Å². The molecule has 86 valence electrons. The predicted molar refractivity (Wildman–Crippen MR) is 67.5 cm³/mol. The smallest absolute Gasteiger partial charge is 0.227 e. The first kappa shape index (κ1) is 10.1. The second kappa shape index (κ2) is 3.73. The highest BCUT2D eigenvalue weighted by molar-refractivity contribution is 6.05. The van der Waals surface area contributed by atoms with E-state index < -0.39 is 0 Å². The number of nitrogen functional groups attached to an aromatic ring is 1. The predicted octanol–water partition coefficient (Wildman–Crippen LogP) is 2.17. The van der Waals surface area contributed by atoms with E-state index in [1.54, 1.807) is 12.3 Å². The van der Waals surface area contributed by atoms with Crippen LogP contribution in [0.3, 0.4) is 0 Å². The van der Waals surface area contributed by atoms with E-state index in [-0.39, 0.29) is 11.8 Å². The van der Waals surface area contributed by atoms with Gasteiger partial charge in [0.15, 0.2) is 0 Å². The summed E-state index contributed by atoms with van der Waals surface area (Å²) in [6.07, 6.45) is 3.69. The zero-order valence-electron chi connectivity index (χ0n) is 9.31. The number of aromatic nitrogens is 1. The van der Waals surface area contributed by atoms with Gasteiger partial charge in [0.1, 0.15) is 0 Å². The number of carbonyl (C=O) groups is 1. The molecule has 0 spiro atoms. The van der Waals surface area contributed by atoms with Crippen LogP contribution >= 0.6 is 0 Å². The first-order valence-electron chi connectivity index (χ1n) is 5.70. The number of nitrogens with two attached hydrogens (primary N) is 1. The van der Waals surface area contributed by atoms with Crippen LogP contribution in [0.25, 0.3) is 10.9 Å². The van der Waals surface area contributed by atoms with Gasteiger partial charge >= 0.3 is 0 Å². The SMILES string of the molecule is Nc1ccc(NC(=O)C2CC2)c2cccnc12. The summed E-state index contributed by atoms with van der Waals surface area (Å²) in [5.41, 5.74) is 8.01. The van der Waals surface area contributed by atoms with Crippen molar-refractivity contribution in [1.82, 2.24) is 4.98 Å². The number of hydrogen-bond donors (Lipinski definition) is 2. The molecule has 0 saturated heterocycles. The molecule has 1 aromatic heterocycles. The van der Waals surface area contributed by atoms with Gasteiger partial charge in [-0.25, -0.2) is 0 Å². The molecule has 0 radical (unpaired) electrons. The van der Waals surface area contributed by atoms with Crippen LogP contribution in [-0.2, 0) is 4.79 Å². The molecule has 0 bridgehead atoms. The number of nitrogens with one attached hydrogen (secondary N) is 1. The lowest BCUT2D eigenvalue weighted by molar-refractivity contribution is -0.117. The van der Waals surface area contributed by atoms with Crippen LogP contribution in [0.4, 0.5) is 11.4 Å². The van der Waals surface area contributed by atoms with Crippen LogP contribution in [-0.4, -0.2) is 10.9 Å². The third kappa shape index (κ3) is 1.82. The minimum atomic E-state index is 0.0972. The minimum absolute atomic E-state index is 0.0972. The van der Waals surface area contributed by atoms with Crippen molar-refractivity contribution in [2.75, 3.05) is 11.1 Å². The topological polar surface area (TPSA) is 68.0 Å². The van der Waals surface area contributed by atoms with Crippen LogP contribution in [0.2, 0.25) is 0 Å². The number of carbonyl (C=O) groups excluding carboxylic acids is 1. The van der Waals surface area contributed by atoms with E-state index in [0.717, 1.165) is 29.4 Å². The van der Waals surface area contributed by atoms with Gasteiger partial charge in [-0.15, -0.1) is 0 Å². The fraction of sp³-hybridized carbons (Fsp3) is 0.231. The molecule has 3 N–H and O–H groups in total. The standard InChI is InChI=1S/C13H13N3O/c14-10-5-6-11(16-13(17)8-3-4-8)9-2-1-7-15-12(9)10/h1-2,5-8H,3-4,14H2,(H,16,17). The number of rotatable bonds is 2. The Kier molecular flexibility index (Phi) is 2.21. The molecular formula is C13H13N3O. The van der Waals surface area contributed by atoms with Crippen molar-refractivity contribution in [3.63, 3.8) is 0 Å². The average molecular weight is 227 g/mol. The first-order chi connectivity index (χ1) is 8.25. The van der Waals surface area contributed by atoms with Gasteiger partial charge in [-0.3, -0.25) is 9.78 Å². The maximum Gasteiger partial charge on any atom is 0.227 e. The fourth-order valence-corrected chi connectivity index (χ4v) is 1.88. The maximum absolute atomic E-state index is 11.7. The lowest BCUT2D eigenvalue weighted by Crippen LogP contribution is -2.13. The molecule has 0 atom stereocenters. The van der Waals surface area contributed by atoms with Gasteiger partial charge in [0.2, 0.25) is 5.91 Å². The Bertz CT molecular complexity index is 590. The molecule has 1 heterocycles. The average Bonchev–Trinajstić information content (AvgIpc) is 3.17. The molecule has 17 heavy (non-hydrogen) atoms. The van der Waals surface area contributed by atoms with E-state index in [1.165, 1.54) is 0 Å². The third-order valence-corrected chi connectivity index (χ3v) is 3.01. The Hall–Kier alpha value is -2.10.